The number of hydrogen-bond acceptors (Lipinski definition) is 7. The number of alkyl halides is 3. The van der Waals surface area contributed by atoms with Crippen molar-refractivity contribution in [3.63, 3.8) is 0 Å². The predicted octanol–water partition coefficient (Wildman–Crippen LogP) is 4.89. The number of ether oxygens (including phenoxy) is 1. The van der Waals surface area contributed by atoms with Crippen LogP contribution in [0, 0.1) is 5.92 Å². The molecule has 1 aromatic heterocycles. The Bertz CT molecular complexity index is 1350. The van der Waals surface area contributed by atoms with Crippen LogP contribution >= 0.6 is 22.9 Å². The number of thiophene rings is 1. The van der Waals surface area contributed by atoms with E-state index in [9.17, 15) is 22.8 Å². The SMILES string of the molecule is O=C(C[N+]12CCC(CC1)[C@@H](OC(=O)C(Nc1ccccc1)c1ccccc1)C2)c1ccc(Cl)s1.O=C([O-])C(F)(F)F. The van der Waals surface area contributed by atoms with Crippen molar-refractivity contribution >= 4 is 46.3 Å². The van der Waals surface area contributed by atoms with E-state index in [0.717, 1.165) is 37.2 Å². The molecule has 2 aromatic carbocycles. The second kappa shape index (κ2) is 13.1. The molecule has 2 atom stereocenters. The monoisotopic (exact) mass is 608 g/mol. The summed E-state index contributed by atoms with van der Waals surface area (Å²) in [5.74, 6) is -2.81. The van der Waals surface area contributed by atoms with Gasteiger partial charge in [0.2, 0.25) is 5.78 Å². The number of para-hydroxylation sites is 1. The minimum Gasteiger partial charge on any atom is -0.542 e. The molecule has 0 amide bonds. The first-order valence-electron chi connectivity index (χ1n) is 12.9. The van der Waals surface area contributed by atoms with E-state index in [0.29, 0.717) is 32.7 Å². The molecule has 218 valence electrons. The van der Waals surface area contributed by atoms with Crippen LogP contribution in [-0.2, 0) is 14.3 Å². The zero-order valence-electron chi connectivity index (χ0n) is 21.8. The number of carboxylic acids is 1. The molecule has 0 saturated carbocycles. The Labute approximate surface area is 244 Å². The number of piperidine rings is 3. The molecule has 3 saturated heterocycles. The molecule has 7 nitrogen and oxygen atoms in total. The molecule has 2 bridgehead atoms. The maximum atomic E-state index is 13.5. The highest BCUT2D eigenvalue weighted by molar-refractivity contribution is 7.18. The molecular formula is C29H28ClF3N2O5S. The summed E-state index contributed by atoms with van der Waals surface area (Å²) in [7, 11) is 0. The number of Topliss-reactive ketones (excluding diaryl/α,β-unsaturated/α-hetero) is 1. The van der Waals surface area contributed by atoms with Gasteiger partial charge in [-0.25, -0.2) is 4.79 Å². The molecule has 41 heavy (non-hydrogen) atoms. The number of fused-ring (bicyclic) bond motifs is 3. The summed E-state index contributed by atoms with van der Waals surface area (Å²) >= 11 is 7.37. The number of carbonyl (C=O) groups is 3. The summed E-state index contributed by atoms with van der Waals surface area (Å²) in [5, 5.41) is 12.1. The number of nitrogens with one attached hydrogen (secondary N) is 1. The van der Waals surface area contributed by atoms with E-state index in [4.69, 9.17) is 26.2 Å². The van der Waals surface area contributed by atoms with Crippen LogP contribution in [-0.4, -0.2) is 60.7 Å². The van der Waals surface area contributed by atoms with E-state index in [1.54, 1.807) is 6.07 Å². The zero-order valence-corrected chi connectivity index (χ0v) is 23.4. The van der Waals surface area contributed by atoms with Gasteiger partial charge in [0.15, 0.2) is 12.1 Å². The van der Waals surface area contributed by atoms with E-state index in [-0.39, 0.29) is 17.9 Å². The summed E-state index contributed by atoms with van der Waals surface area (Å²) in [6.07, 6.45) is -3.43. The van der Waals surface area contributed by atoms with Gasteiger partial charge in [-0.3, -0.25) is 4.79 Å². The van der Waals surface area contributed by atoms with Gasteiger partial charge < -0.3 is 24.4 Å². The summed E-state index contributed by atoms with van der Waals surface area (Å²) in [4.78, 5) is 35.9. The third kappa shape index (κ3) is 8.08. The molecule has 1 N–H and O–H groups in total. The lowest BCUT2D eigenvalue weighted by molar-refractivity contribution is -0.938. The second-order valence-corrected chi connectivity index (χ2v) is 11.8. The summed E-state index contributed by atoms with van der Waals surface area (Å²) in [6, 6.07) is 22.4. The van der Waals surface area contributed by atoms with E-state index in [2.05, 4.69) is 5.32 Å². The maximum Gasteiger partial charge on any atom is 0.430 e. The van der Waals surface area contributed by atoms with Gasteiger partial charge in [-0.2, -0.15) is 13.2 Å². The van der Waals surface area contributed by atoms with Gasteiger partial charge in [0.05, 0.1) is 22.3 Å². The van der Waals surface area contributed by atoms with E-state index in [1.165, 1.54) is 11.3 Å². The summed E-state index contributed by atoms with van der Waals surface area (Å²) in [5.41, 5.74) is 1.73. The van der Waals surface area contributed by atoms with Crippen molar-refractivity contribution < 1.29 is 41.9 Å². The fraction of sp³-hybridized carbons (Fsp3) is 0.345. The number of carbonyl (C=O) groups excluding carboxylic acids is 3. The van der Waals surface area contributed by atoms with E-state index >= 15 is 0 Å². The van der Waals surface area contributed by atoms with Crippen molar-refractivity contribution in [2.45, 2.75) is 31.2 Å². The molecule has 12 heteroatoms. The molecule has 6 rings (SSSR count). The smallest absolute Gasteiger partial charge is 0.430 e. The molecule has 3 aromatic rings. The van der Waals surface area contributed by atoms with Crippen LogP contribution in [0.25, 0.3) is 0 Å². The first-order chi connectivity index (χ1) is 19.5. The van der Waals surface area contributed by atoms with Crippen LogP contribution in [0.2, 0.25) is 4.34 Å². The highest BCUT2D eigenvalue weighted by atomic mass is 35.5. The Balaban J connectivity index is 0.000000493. The lowest BCUT2D eigenvalue weighted by Gasteiger charge is -2.51. The molecule has 3 aliphatic rings. The van der Waals surface area contributed by atoms with Crippen molar-refractivity contribution in [2.24, 2.45) is 5.92 Å². The molecule has 4 heterocycles. The summed E-state index contributed by atoms with van der Waals surface area (Å²) in [6.45, 7) is 3.03. The normalized spacial score (nSPS) is 22.1. The molecule has 3 aliphatic heterocycles. The van der Waals surface area contributed by atoms with Gasteiger partial charge in [0.25, 0.3) is 0 Å². The average molecular weight is 609 g/mol. The van der Waals surface area contributed by atoms with Crippen molar-refractivity contribution in [3.05, 3.63) is 87.6 Å². The summed E-state index contributed by atoms with van der Waals surface area (Å²) < 4.78 is 39.0. The first-order valence-corrected chi connectivity index (χ1v) is 14.1. The predicted molar refractivity (Wildman–Crippen MR) is 146 cm³/mol. The minimum absolute atomic E-state index is 0.121. The lowest BCUT2D eigenvalue weighted by Crippen LogP contribution is -2.65. The Morgan fingerprint density at radius 2 is 1.59 bits per heavy atom. The van der Waals surface area contributed by atoms with Crippen LogP contribution in [0.4, 0.5) is 18.9 Å². The third-order valence-electron chi connectivity index (χ3n) is 7.32. The fourth-order valence-corrected chi connectivity index (χ4v) is 6.24. The number of nitrogens with zero attached hydrogens (tertiary/aromatic N) is 1. The van der Waals surface area contributed by atoms with Gasteiger partial charge in [-0.15, -0.1) is 11.3 Å². The first kappa shape index (κ1) is 30.5. The number of aliphatic carboxylic acids is 1. The quantitative estimate of drug-likeness (QED) is 0.222. The Kier molecular flexibility index (Phi) is 9.72. The van der Waals surface area contributed by atoms with Crippen molar-refractivity contribution in [3.8, 4) is 0 Å². The van der Waals surface area contributed by atoms with E-state index < -0.39 is 18.2 Å². The number of quaternary nitrogens is 1. The molecule has 0 aliphatic carbocycles. The maximum absolute atomic E-state index is 13.5. The van der Waals surface area contributed by atoms with E-state index in [1.807, 2.05) is 66.7 Å². The van der Waals surface area contributed by atoms with Crippen molar-refractivity contribution in [1.82, 2.24) is 0 Å². The molecular weight excluding hydrogens is 581 g/mol. The Morgan fingerprint density at radius 3 is 2.12 bits per heavy atom. The number of anilines is 1. The number of ketones is 1. The topological polar surface area (TPSA) is 95.5 Å². The average Bonchev–Trinajstić information content (AvgIpc) is 3.39. The zero-order chi connectivity index (χ0) is 29.6. The Morgan fingerprint density at radius 1 is 1.00 bits per heavy atom. The number of esters is 1. The number of halogens is 4. The number of carboxylic acid groups (broad SMARTS) is 1. The van der Waals surface area contributed by atoms with Crippen LogP contribution in [0.15, 0.2) is 72.8 Å². The number of hydrogen-bond donors (Lipinski definition) is 1. The molecule has 3 fully saturated rings. The van der Waals surface area contributed by atoms with Gasteiger partial charge in [0, 0.05) is 24.4 Å². The standard InChI is InChI=1S/C27H28ClN2O3S.C2HF3O2/c28-25-12-11-24(34-25)22(31)17-30-15-13-19(14-16-30)23(18-30)33-27(32)26(20-7-3-1-4-8-20)29-21-9-5-2-6-10-21;3-2(4,5)1(6)7/h1-12,19,23,26,29H,13-18H2;(H,6,7)/q+1;/p-1/t19?,23-,26?,30?;/m0./s1. The highest BCUT2D eigenvalue weighted by Crippen LogP contribution is 2.37. The minimum atomic E-state index is -5.19. The van der Waals surface area contributed by atoms with Gasteiger partial charge in [-0.1, -0.05) is 60.1 Å². The molecule has 0 spiro atoms. The van der Waals surface area contributed by atoms with Crippen LogP contribution in [0.5, 0.6) is 0 Å². The lowest BCUT2D eigenvalue weighted by atomic mass is 9.83. The second-order valence-electron chi connectivity index (χ2n) is 10.1. The highest BCUT2D eigenvalue weighted by Gasteiger charge is 2.49. The van der Waals surface area contributed by atoms with Gasteiger partial charge in [-0.05, 0) is 29.8 Å². The molecule has 1 unspecified atom stereocenters. The van der Waals surface area contributed by atoms with Gasteiger partial charge in [0.1, 0.15) is 19.1 Å². The Hall–Kier alpha value is -3.41. The fourth-order valence-electron chi connectivity index (χ4n) is 5.27. The van der Waals surface area contributed by atoms with Crippen LogP contribution < -0.4 is 10.4 Å². The van der Waals surface area contributed by atoms with Crippen LogP contribution in [0.1, 0.15) is 34.1 Å². The number of rotatable bonds is 8. The largest absolute Gasteiger partial charge is 0.542 e. The number of benzene rings is 2. The van der Waals surface area contributed by atoms with Crippen LogP contribution in [0.3, 0.4) is 0 Å². The van der Waals surface area contributed by atoms with Crippen molar-refractivity contribution in [2.75, 3.05) is 31.5 Å². The van der Waals surface area contributed by atoms with Gasteiger partial charge >= 0.3 is 12.1 Å². The van der Waals surface area contributed by atoms with Crippen molar-refractivity contribution in [1.29, 1.82) is 0 Å². The molecule has 0 radical (unpaired) electrons. The third-order valence-corrected chi connectivity index (χ3v) is 8.59.